The van der Waals surface area contributed by atoms with Crippen LogP contribution in [0.25, 0.3) is 6.08 Å². The lowest BCUT2D eigenvalue weighted by molar-refractivity contribution is -0.122. The highest BCUT2D eigenvalue weighted by Crippen LogP contribution is 2.44. The molecule has 0 bridgehead atoms. The summed E-state index contributed by atoms with van der Waals surface area (Å²) in [5, 5.41) is 2.74. The van der Waals surface area contributed by atoms with Crippen molar-refractivity contribution < 1.29 is 14.3 Å². The Kier molecular flexibility index (Phi) is 6.73. The molecule has 1 saturated heterocycles. The van der Waals surface area contributed by atoms with Crippen molar-refractivity contribution in [2.24, 2.45) is 0 Å². The van der Waals surface area contributed by atoms with Crippen LogP contribution >= 0.6 is 12.2 Å². The van der Waals surface area contributed by atoms with Gasteiger partial charge in [-0.25, -0.2) is 0 Å². The average Bonchev–Trinajstić information content (AvgIpc) is 2.78. The zero-order valence-electron chi connectivity index (χ0n) is 21.3. The molecule has 4 rings (SSSR count). The molecule has 0 spiro atoms. The van der Waals surface area contributed by atoms with E-state index in [9.17, 15) is 9.59 Å². The molecular weight excluding hydrogens is 458 g/mol. The molecule has 184 valence electrons. The van der Waals surface area contributed by atoms with Crippen LogP contribution in [0.2, 0.25) is 0 Å². The predicted octanol–water partition coefficient (Wildman–Crippen LogP) is 5.34. The van der Waals surface area contributed by atoms with E-state index in [2.05, 4.69) is 50.0 Å². The maximum Gasteiger partial charge on any atom is 0.270 e. The Morgan fingerprint density at radius 3 is 2.49 bits per heavy atom. The summed E-state index contributed by atoms with van der Waals surface area (Å²) in [5.74, 6) is 0.145. The van der Waals surface area contributed by atoms with E-state index in [-0.39, 0.29) is 16.2 Å². The van der Waals surface area contributed by atoms with Crippen LogP contribution in [0, 0.1) is 6.92 Å². The van der Waals surface area contributed by atoms with Gasteiger partial charge in [-0.1, -0.05) is 6.92 Å². The summed E-state index contributed by atoms with van der Waals surface area (Å²) in [5.41, 5.74) is 5.06. The molecule has 2 aromatic rings. The summed E-state index contributed by atoms with van der Waals surface area (Å²) < 4.78 is 5.49. The topological polar surface area (TPSA) is 61.9 Å². The first-order valence-electron chi connectivity index (χ1n) is 12.1. The van der Waals surface area contributed by atoms with Crippen molar-refractivity contribution in [1.29, 1.82) is 0 Å². The van der Waals surface area contributed by atoms with Crippen molar-refractivity contribution >= 4 is 46.6 Å². The lowest BCUT2D eigenvalue weighted by atomic mass is 9.79. The van der Waals surface area contributed by atoms with Gasteiger partial charge < -0.3 is 9.64 Å². The highest BCUT2D eigenvalue weighted by molar-refractivity contribution is 7.80. The molecule has 2 aromatic carbocycles. The maximum atomic E-state index is 13.5. The number of carbonyl (C=O) groups is 2. The minimum Gasteiger partial charge on any atom is -0.494 e. The fraction of sp³-hybridized carbons (Fsp3) is 0.393. The van der Waals surface area contributed by atoms with Crippen molar-refractivity contribution in [2.45, 2.75) is 59.4 Å². The third-order valence-corrected chi connectivity index (χ3v) is 7.18. The van der Waals surface area contributed by atoms with Crippen LogP contribution < -0.4 is 19.9 Å². The highest BCUT2D eigenvalue weighted by atomic mass is 32.1. The molecule has 6 nitrogen and oxygen atoms in total. The van der Waals surface area contributed by atoms with Gasteiger partial charge in [-0.3, -0.25) is 19.8 Å². The van der Waals surface area contributed by atoms with Gasteiger partial charge >= 0.3 is 0 Å². The quantitative estimate of drug-likeness (QED) is 0.348. The van der Waals surface area contributed by atoms with E-state index in [4.69, 9.17) is 17.0 Å². The first-order valence-corrected chi connectivity index (χ1v) is 12.5. The molecule has 0 aromatic heterocycles. The number of fused-ring (bicyclic) bond motifs is 1. The largest absolute Gasteiger partial charge is 0.494 e. The Morgan fingerprint density at radius 1 is 1.17 bits per heavy atom. The van der Waals surface area contributed by atoms with Gasteiger partial charge in [0.25, 0.3) is 11.8 Å². The number of benzene rings is 2. The number of amides is 2. The van der Waals surface area contributed by atoms with Crippen molar-refractivity contribution in [1.82, 2.24) is 5.32 Å². The lowest BCUT2D eigenvalue weighted by Gasteiger charge is -2.47. The molecule has 2 aliphatic heterocycles. The van der Waals surface area contributed by atoms with Crippen molar-refractivity contribution in [3.05, 3.63) is 58.7 Å². The smallest absolute Gasteiger partial charge is 0.270 e. The Bertz CT molecular complexity index is 1220. The summed E-state index contributed by atoms with van der Waals surface area (Å²) in [6, 6.07) is 11.4. The molecule has 1 unspecified atom stereocenters. The van der Waals surface area contributed by atoms with Crippen LogP contribution in [0.1, 0.15) is 63.6 Å². The fourth-order valence-electron chi connectivity index (χ4n) is 5.31. The molecule has 7 heteroatoms. The number of nitrogens with one attached hydrogen (secondary N) is 1. The van der Waals surface area contributed by atoms with E-state index >= 15 is 0 Å². The zero-order valence-corrected chi connectivity index (χ0v) is 22.1. The van der Waals surface area contributed by atoms with Gasteiger partial charge in [0.2, 0.25) is 0 Å². The van der Waals surface area contributed by atoms with Gasteiger partial charge in [-0.2, -0.15) is 0 Å². The summed E-state index contributed by atoms with van der Waals surface area (Å²) in [7, 11) is 0. The van der Waals surface area contributed by atoms with Crippen LogP contribution in [0.15, 0.2) is 42.0 Å². The van der Waals surface area contributed by atoms with E-state index in [1.807, 2.05) is 13.8 Å². The second kappa shape index (κ2) is 9.46. The lowest BCUT2D eigenvalue weighted by Crippen LogP contribution is -2.54. The number of rotatable bonds is 5. The maximum absolute atomic E-state index is 13.5. The van der Waals surface area contributed by atoms with Crippen LogP contribution in [0.5, 0.6) is 5.75 Å². The third-order valence-electron chi connectivity index (χ3n) is 6.90. The van der Waals surface area contributed by atoms with Crippen LogP contribution in [0.3, 0.4) is 0 Å². The number of carbonyl (C=O) groups excluding carboxylic acids is 2. The van der Waals surface area contributed by atoms with E-state index in [1.165, 1.54) is 16.2 Å². The number of anilines is 2. The second-order valence-electron chi connectivity index (χ2n) is 9.81. The summed E-state index contributed by atoms with van der Waals surface area (Å²) in [6.45, 7) is 14.4. The number of thiocarbonyl (C=S) groups is 1. The third kappa shape index (κ3) is 4.57. The molecule has 35 heavy (non-hydrogen) atoms. The molecule has 1 fully saturated rings. The number of aryl methyl sites for hydroxylation is 1. The van der Waals surface area contributed by atoms with Gasteiger partial charge in [-0.15, -0.1) is 0 Å². The van der Waals surface area contributed by atoms with Crippen molar-refractivity contribution in [2.75, 3.05) is 23.0 Å². The van der Waals surface area contributed by atoms with Crippen molar-refractivity contribution in [3.63, 3.8) is 0 Å². The summed E-state index contributed by atoms with van der Waals surface area (Å²) >= 11 is 5.34. The molecule has 0 aliphatic carbocycles. The molecule has 0 radical (unpaired) electrons. The minimum absolute atomic E-state index is 0.0617. The normalized spacial score (nSPS) is 20.7. The number of hydrogen-bond donors (Lipinski definition) is 1. The van der Waals surface area contributed by atoms with Gasteiger partial charge in [0.1, 0.15) is 11.3 Å². The Morgan fingerprint density at radius 2 is 1.86 bits per heavy atom. The Balaban J connectivity index is 1.73. The second-order valence-corrected chi connectivity index (χ2v) is 10.2. The van der Waals surface area contributed by atoms with Gasteiger partial charge in [-0.05, 0) is 118 Å². The molecule has 0 saturated carbocycles. The molecular formula is C28H33N3O3S. The van der Waals surface area contributed by atoms with Crippen LogP contribution in [-0.4, -0.2) is 35.6 Å². The van der Waals surface area contributed by atoms with E-state index in [0.29, 0.717) is 24.0 Å². The van der Waals surface area contributed by atoms with E-state index in [1.54, 1.807) is 30.3 Å². The fourth-order valence-corrected chi connectivity index (χ4v) is 5.59. The first kappa shape index (κ1) is 24.9. The molecule has 2 heterocycles. The summed E-state index contributed by atoms with van der Waals surface area (Å²) in [4.78, 5) is 30.1. The molecule has 1 N–H and O–H groups in total. The van der Waals surface area contributed by atoms with E-state index < -0.39 is 11.8 Å². The summed E-state index contributed by atoms with van der Waals surface area (Å²) in [6.07, 6.45) is 2.73. The molecule has 2 amide bonds. The average molecular weight is 492 g/mol. The highest BCUT2D eigenvalue weighted by Gasteiger charge is 2.37. The Hall–Kier alpha value is -3.19. The standard InChI is InChI=1S/C28H33N3O3S/c1-7-30-24-13-17(3)19(14-22(24)18(4)16-28(30,5)6)15-23-25(32)29-27(35)31(26(23)33)20-9-11-21(12-10-20)34-8-2/h9-15,18H,7-8,16H2,1-6H3,(H,29,32,35)/b23-15+. The van der Waals surface area contributed by atoms with Gasteiger partial charge in [0.15, 0.2) is 5.11 Å². The van der Waals surface area contributed by atoms with E-state index in [0.717, 1.165) is 24.1 Å². The van der Waals surface area contributed by atoms with Crippen molar-refractivity contribution in [3.8, 4) is 5.75 Å². The zero-order chi connectivity index (χ0) is 25.5. The number of ether oxygens (including phenoxy) is 1. The molecule has 1 atom stereocenters. The van der Waals surface area contributed by atoms with Gasteiger partial charge in [0.05, 0.1) is 12.3 Å². The minimum atomic E-state index is -0.483. The van der Waals surface area contributed by atoms with Gasteiger partial charge in [0, 0.05) is 17.8 Å². The van der Waals surface area contributed by atoms with Crippen LogP contribution in [0.4, 0.5) is 11.4 Å². The monoisotopic (exact) mass is 491 g/mol. The first-order chi connectivity index (χ1) is 16.6. The van der Waals surface area contributed by atoms with Crippen LogP contribution in [-0.2, 0) is 9.59 Å². The number of nitrogens with zero attached hydrogens (tertiary/aromatic N) is 2. The SMILES string of the molecule is CCOc1ccc(N2C(=O)/C(=C/c3cc4c(cc3C)N(CC)C(C)(C)CC4C)C(=O)NC2=S)cc1. The Labute approximate surface area is 212 Å². The molecule has 2 aliphatic rings. The predicted molar refractivity (Wildman–Crippen MR) is 145 cm³/mol. The number of hydrogen-bond acceptors (Lipinski definition) is 5.